The molecule has 0 aliphatic rings. The van der Waals surface area contributed by atoms with Crippen molar-refractivity contribution in [3.63, 3.8) is 0 Å². The van der Waals surface area contributed by atoms with E-state index in [2.05, 4.69) is 39.9 Å². The molecule has 1 aromatic carbocycles. The van der Waals surface area contributed by atoms with Gasteiger partial charge in [0.15, 0.2) is 0 Å². The molecule has 0 unspecified atom stereocenters. The van der Waals surface area contributed by atoms with Crippen LogP contribution in [0.4, 0.5) is 5.82 Å². The summed E-state index contributed by atoms with van der Waals surface area (Å²) in [7, 11) is 1.63. The summed E-state index contributed by atoms with van der Waals surface area (Å²) < 4.78 is 7.02. The molecule has 2 rings (SSSR count). The number of hydrogen-bond acceptors (Lipinski definition) is 4. The maximum Gasteiger partial charge on any atom is 0.245 e. The largest absolute Gasteiger partial charge is 0.497 e. The van der Waals surface area contributed by atoms with E-state index in [4.69, 9.17) is 9.84 Å². The predicted molar refractivity (Wildman–Crippen MR) is 147 cm³/mol. The van der Waals surface area contributed by atoms with Gasteiger partial charge in [0.1, 0.15) is 11.6 Å². The average Bonchev–Trinajstić information content (AvgIpc) is 3.27. The van der Waals surface area contributed by atoms with Crippen LogP contribution in [0.25, 0.3) is 5.69 Å². The number of aromatic nitrogens is 2. The number of benzene rings is 1. The average molecular weight is 499 g/mol. The minimum absolute atomic E-state index is 0.0517. The van der Waals surface area contributed by atoms with Gasteiger partial charge >= 0.3 is 0 Å². The molecule has 0 radical (unpaired) electrons. The Balaban J connectivity index is 2.16. The first kappa shape index (κ1) is 29.4. The molecule has 0 spiro atoms. The van der Waals surface area contributed by atoms with Crippen LogP contribution in [0.1, 0.15) is 98.1 Å². The van der Waals surface area contributed by atoms with Crippen LogP contribution in [-0.2, 0) is 15.0 Å². The maximum atomic E-state index is 13.2. The summed E-state index contributed by atoms with van der Waals surface area (Å²) in [4.78, 5) is 27.8. The highest BCUT2D eigenvalue weighted by Gasteiger charge is 2.23. The van der Waals surface area contributed by atoms with Crippen molar-refractivity contribution in [1.29, 1.82) is 0 Å². The number of amides is 2. The highest BCUT2D eigenvalue weighted by atomic mass is 16.5. The number of nitrogens with zero attached hydrogens (tertiary/aromatic N) is 3. The zero-order valence-corrected chi connectivity index (χ0v) is 23.2. The number of ether oxygens (including phenoxy) is 1. The molecular formula is C29H46N4O3. The molecular weight excluding hydrogens is 452 g/mol. The van der Waals surface area contributed by atoms with Crippen LogP contribution in [0, 0.1) is 0 Å². The second-order valence-electron chi connectivity index (χ2n) is 10.5. The van der Waals surface area contributed by atoms with Gasteiger partial charge in [0.25, 0.3) is 0 Å². The third-order valence-electron chi connectivity index (χ3n) is 6.28. The fourth-order valence-corrected chi connectivity index (χ4v) is 4.00. The zero-order chi connectivity index (χ0) is 26.6. The van der Waals surface area contributed by atoms with Crippen molar-refractivity contribution >= 4 is 17.6 Å². The normalized spacial score (nSPS) is 11.4. The van der Waals surface area contributed by atoms with E-state index in [-0.39, 0.29) is 23.8 Å². The summed E-state index contributed by atoms with van der Waals surface area (Å²) >= 11 is 0. The standard InChI is InChI=1S/C29H46N4O3/c1-7-9-11-12-13-15-28(35)32(20-14-10-8-2)22-27(34)30-26-21-25(29(3,4)5)31-33(26)23-16-18-24(36-6)19-17-23/h16-19,21H,7-15,20,22H2,1-6H3,(H,30,34). The molecule has 36 heavy (non-hydrogen) atoms. The van der Waals surface area contributed by atoms with Crippen molar-refractivity contribution in [1.82, 2.24) is 14.7 Å². The smallest absolute Gasteiger partial charge is 0.245 e. The Hall–Kier alpha value is -2.83. The molecule has 7 heteroatoms. The second-order valence-corrected chi connectivity index (χ2v) is 10.5. The number of anilines is 1. The van der Waals surface area contributed by atoms with Crippen molar-refractivity contribution in [2.45, 2.75) is 97.8 Å². The van der Waals surface area contributed by atoms with Crippen LogP contribution >= 0.6 is 0 Å². The lowest BCUT2D eigenvalue weighted by atomic mass is 9.92. The number of hydrogen-bond donors (Lipinski definition) is 1. The Morgan fingerprint density at radius 3 is 2.22 bits per heavy atom. The first-order valence-electron chi connectivity index (χ1n) is 13.5. The lowest BCUT2D eigenvalue weighted by molar-refractivity contribution is -0.134. The molecule has 0 bridgehead atoms. The Morgan fingerprint density at radius 1 is 0.972 bits per heavy atom. The topological polar surface area (TPSA) is 76.5 Å². The van der Waals surface area contributed by atoms with Crippen LogP contribution in [0.2, 0.25) is 0 Å². The highest BCUT2D eigenvalue weighted by molar-refractivity contribution is 5.94. The van der Waals surface area contributed by atoms with E-state index in [9.17, 15) is 9.59 Å². The van der Waals surface area contributed by atoms with Crippen LogP contribution in [0.5, 0.6) is 5.75 Å². The number of unbranched alkanes of at least 4 members (excludes halogenated alkanes) is 6. The van der Waals surface area contributed by atoms with E-state index < -0.39 is 0 Å². The maximum absolute atomic E-state index is 13.2. The van der Waals surface area contributed by atoms with Crippen LogP contribution in [0.3, 0.4) is 0 Å². The number of carbonyl (C=O) groups is 2. The Kier molecular flexibility index (Phi) is 12.0. The van der Waals surface area contributed by atoms with Gasteiger partial charge in [-0.25, -0.2) is 4.68 Å². The molecule has 1 aromatic heterocycles. The van der Waals surface area contributed by atoms with E-state index in [0.29, 0.717) is 18.8 Å². The van der Waals surface area contributed by atoms with Crippen molar-refractivity contribution in [3.8, 4) is 11.4 Å². The molecule has 2 aromatic rings. The van der Waals surface area contributed by atoms with Gasteiger partial charge in [-0.2, -0.15) is 5.10 Å². The van der Waals surface area contributed by atoms with Gasteiger partial charge < -0.3 is 15.0 Å². The third-order valence-corrected chi connectivity index (χ3v) is 6.28. The number of carbonyl (C=O) groups excluding carboxylic acids is 2. The van der Waals surface area contributed by atoms with E-state index in [1.165, 1.54) is 12.8 Å². The van der Waals surface area contributed by atoms with Gasteiger partial charge in [-0.15, -0.1) is 0 Å². The van der Waals surface area contributed by atoms with Gasteiger partial charge in [-0.1, -0.05) is 73.1 Å². The van der Waals surface area contributed by atoms with E-state index in [0.717, 1.165) is 55.7 Å². The molecule has 200 valence electrons. The van der Waals surface area contributed by atoms with Gasteiger partial charge in [0, 0.05) is 24.4 Å². The molecule has 7 nitrogen and oxygen atoms in total. The van der Waals surface area contributed by atoms with Gasteiger partial charge in [0.05, 0.1) is 25.0 Å². The van der Waals surface area contributed by atoms with Gasteiger partial charge in [-0.05, 0) is 37.1 Å². The van der Waals surface area contributed by atoms with E-state index in [1.807, 2.05) is 30.3 Å². The van der Waals surface area contributed by atoms with Gasteiger partial charge in [0.2, 0.25) is 11.8 Å². The Bertz CT molecular complexity index is 944. The van der Waals surface area contributed by atoms with Crippen molar-refractivity contribution < 1.29 is 14.3 Å². The monoisotopic (exact) mass is 498 g/mol. The van der Waals surface area contributed by atoms with Crippen LogP contribution in [0.15, 0.2) is 30.3 Å². The van der Waals surface area contributed by atoms with E-state index >= 15 is 0 Å². The molecule has 1 N–H and O–H groups in total. The summed E-state index contributed by atoms with van der Waals surface area (Å²) in [6.45, 7) is 11.3. The fraction of sp³-hybridized carbons (Fsp3) is 0.621. The number of rotatable bonds is 15. The van der Waals surface area contributed by atoms with E-state index in [1.54, 1.807) is 16.7 Å². The second kappa shape index (κ2) is 14.7. The molecule has 1 heterocycles. The molecule has 0 atom stereocenters. The third kappa shape index (κ3) is 9.32. The summed E-state index contributed by atoms with van der Waals surface area (Å²) in [5, 5.41) is 7.81. The van der Waals surface area contributed by atoms with Crippen molar-refractivity contribution in [3.05, 3.63) is 36.0 Å². The SMILES string of the molecule is CCCCCCCC(=O)N(CCCCC)CC(=O)Nc1cc(C(C)(C)C)nn1-c1ccc(OC)cc1. The number of methoxy groups -OCH3 is 1. The van der Waals surface area contributed by atoms with Crippen molar-refractivity contribution in [2.24, 2.45) is 0 Å². The van der Waals surface area contributed by atoms with Crippen molar-refractivity contribution in [2.75, 3.05) is 25.5 Å². The summed E-state index contributed by atoms with van der Waals surface area (Å²) in [5.74, 6) is 1.21. The summed E-state index contributed by atoms with van der Waals surface area (Å²) in [6, 6.07) is 9.47. The van der Waals surface area contributed by atoms with Crippen LogP contribution < -0.4 is 10.1 Å². The first-order valence-corrected chi connectivity index (χ1v) is 13.5. The fourth-order valence-electron chi connectivity index (χ4n) is 4.00. The first-order chi connectivity index (χ1) is 17.2. The summed E-state index contributed by atoms with van der Waals surface area (Å²) in [5.41, 5.74) is 1.51. The quantitative estimate of drug-likeness (QED) is 0.285. The molecule has 2 amide bonds. The minimum atomic E-state index is -0.207. The molecule has 0 saturated carbocycles. The zero-order valence-electron chi connectivity index (χ0n) is 23.2. The molecule has 0 aliphatic heterocycles. The van der Waals surface area contributed by atoms with Gasteiger partial charge in [-0.3, -0.25) is 9.59 Å². The Morgan fingerprint density at radius 2 is 1.61 bits per heavy atom. The Labute approximate surface area is 217 Å². The summed E-state index contributed by atoms with van der Waals surface area (Å²) in [6.07, 6.45) is 9.00. The minimum Gasteiger partial charge on any atom is -0.497 e. The molecule has 0 fully saturated rings. The molecule has 0 aliphatic carbocycles. The lowest BCUT2D eigenvalue weighted by Crippen LogP contribution is -2.38. The highest BCUT2D eigenvalue weighted by Crippen LogP contribution is 2.27. The molecule has 0 saturated heterocycles. The predicted octanol–water partition coefficient (Wildman–Crippen LogP) is 6.50. The lowest BCUT2D eigenvalue weighted by Gasteiger charge is -2.22. The van der Waals surface area contributed by atoms with Crippen LogP contribution in [-0.4, -0.2) is 46.7 Å². The number of nitrogens with one attached hydrogen (secondary N) is 1.